The summed E-state index contributed by atoms with van der Waals surface area (Å²) in [5, 5.41) is 9.10. The fraction of sp³-hybridized carbons (Fsp3) is 0.267. The monoisotopic (exact) mass is 274 g/mol. The molecule has 4 nitrogen and oxygen atoms in total. The van der Waals surface area contributed by atoms with E-state index < -0.39 is 5.97 Å². The summed E-state index contributed by atoms with van der Waals surface area (Å²) in [6, 6.07) is 4.54. The summed E-state index contributed by atoms with van der Waals surface area (Å²) in [7, 11) is 0. The van der Waals surface area contributed by atoms with E-state index >= 15 is 0 Å². The Labute approximate surface area is 116 Å². The van der Waals surface area contributed by atoms with Crippen LogP contribution in [0.4, 0.5) is 4.39 Å². The minimum atomic E-state index is -1.05. The number of carboxylic acid groups (broad SMARTS) is 1. The molecule has 0 aliphatic heterocycles. The van der Waals surface area contributed by atoms with Crippen molar-refractivity contribution in [2.24, 2.45) is 0 Å². The Bertz CT molecular complexity index is 636. The van der Waals surface area contributed by atoms with E-state index in [2.05, 4.69) is 9.97 Å². The highest BCUT2D eigenvalue weighted by molar-refractivity contribution is 5.88. The first-order valence-electron chi connectivity index (χ1n) is 6.38. The Balaban J connectivity index is 2.52. The molecule has 1 aromatic carbocycles. The SMILES string of the molecule is CCCc1nc(-c2cc(C)cc(F)c2)ncc1C(=O)O. The number of hydrogen-bond acceptors (Lipinski definition) is 3. The van der Waals surface area contributed by atoms with Crippen molar-refractivity contribution in [1.82, 2.24) is 9.97 Å². The molecule has 0 bridgehead atoms. The average Bonchev–Trinajstić information content (AvgIpc) is 2.37. The first kappa shape index (κ1) is 14.1. The molecule has 5 heteroatoms. The largest absolute Gasteiger partial charge is 0.478 e. The number of carbonyl (C=O) groups is 1. The average molecular weight is 274 g/mol. The van der Waals surface area contributed by atoms with Gasteiger partial charge in [0.15, 0.2) is 5.82 Å². The summed E-state index contributed by atoms with van der Waals surface area (Å²) in [5.41, 5.74) is 1.90. The fourth-order valence-electron chi connectivity index (χ4n) is 2.03. The predicted molar refractivity (Wildman–Crippen MR) is 73.1 cm³/mol. The van der Waals surface area contributed by atoms with E-state index in [1.54, 1.807) is 13.0 Å². The molecule has 1 aromatic heterocycles. The Morgan fingerprint density at radius 2 is 2.10 bits per heavy atom. The second-order valence-electron chi connectivity index (χ2n) is 4.63. The number of nitrogens with zero attached hydrogens (tertiary/aromatic N) is 2. The van der Waals surface area contributed by atoms with Crippen LogP contribution in [0.3, 0.4) is 0 Å². The molecule has 1 N–H and O–H groups in total. The highest BCUT2D eigenvalue weighted by Gasteiger charge is 2.14. The normalized spacial score (nSPS) is 10.6. The number of aromatic nitrogens is 2. The lowest BCUT2D eigenvalue weighted by Crippen LogP contribution is -2.07. The van der Waals surface area contributed by atoms with Gasteiger partial charge in [-0.05, 0) is 37.1 Å². The molecule has 0 aliphatic rings. The third-order valence-corrected chi connectivity index (χ3v) is 2.89. The zero-order valence-corrected chi connectivity index (χ0v) is 11.4. The van der Waals surface area contributed by atoms with Crippen molar-refractivity contribution in [3.63, 3.8) is 0 Å². The van der Waals surface area contributed by atoms with Crippen molar-refractivity contribution < 1.29 is 14.3 Å². The highest BCUT2D eigenvalue weighted by atomic mass is 19.1. The second kappa shape index (κ2) is 5.77. The number of rotatable bonds is 4. The van der Waals surface area contributed by atoms with Gasteiger partial charge >= 0.3 is 5.97 Å². The molecule has 0 saturated heterocycles. The van der Waals surface area contributed by atoms with E-state index in [1.807, 2.05) is 6.92 Å². The number of carboxylic acids is 1. The standard InChI is InChI=1S/C15H15FN2O2/c1-3-4-13-12(15(19)20)8-17-14(18-13)10-5-9(2)6-11(16)7-10/h5-8H,3-4H2,1-2H3,(H,19,20). The van der Waals surface area contributed by atoms with Crippen LogP contribution in [0.1, 0.15) is 35.0 Å². The van der Waals surface area contributed by atoms with Gasteiger partial charge in [0, 0.05) is 11.8 Å². The molecule has 20 heavy (non-hydrogen) atoms. The minimum Gasteiger partial charge on any atom is -0.478 e. The Hall–Kier alpha value is -2.30. The lowest BCUT2D eigenvalue weighted by Gasteiger charge is -2.07. The quantitative estimate of drug-likeness (QED) is 0.929. The van der Waals surface area contributed by atoms with Crippen molar-refractivity contribution >= 4 is 5.97 Å². The molecule has 0 spiro atoms. The van der Waals surface area contributed by atoms with Gasteiger partial charge in [-0.15, -0.1) is 0 Å². The summed E-state index contributed by atoms with van der Waals surface area (Å²) in [6.45, 7) is 3.73. The molecule has 104 valence electrons. The van der Waals surface area contributed by atoms with Gasteiger partial charge in [-0.1, -0.05) is 13.3 Å². The van der Waals surface area contributed by atoms with Crippen LogP contribution in [0.15, 0.2) is 24.4 Å². The van der Waals surface area contributed by atoms with Crippen molar-refractivity contribution in [1.29, 1.82) is 0 Å². The Kier molecular flexibility index (Phi) is 4.08. The molecule has 0 atom stereocenters. The van der Waals surface area contributed by atoms with Crippen LogP contribution in [-0.4, -0.2) is 21.0 Å². The molecule has 2 aromatic rings. The molecule has 0 saturated carbocycles. The Morgan fingerprint density at radius 3 is 2.70 bits per heavy atom. The molecule has 0 amide bonds. The Morgan fingerprint density at radius 1 is 1.35 bits per heavy atom. The minimum absolute atomic E-state index is 0.101. The molecule has 0 unspecified atom stereocenters. The van der Waals surface area contributed by atoms with E-state index in [0.29, 0.717) is 23.5 Å². The molecule has 0 aliphatic carbocycles. The van der Waals surface area contributed by atoms with Crippen molar-refractivity contribution in [2.75, 3.05) is 0 Å². The highest BCUT2D eigenvalue weighted by Crippen LogP contribution is 2.20. The van der Waals surface area contributed by atoms with E-state index in [9.17, 15) is 9.18 Å². The van der Waals surface area contributed by atoms with Crippen LogP contribution < -0.4 is 0 Å². The van der Waals surface area contributed by atoms with Gasteiger partial charge < -0.3 is 5.11 Å². The number of aryl methyl sites for hydroxylation is 2. The van der Waals surface area contributed by atoms with E-state index in [-0.39, 0.29) is 11.4 Å². The number of halogens is 1. The molecule has 0 fully saturated rings. The summed E-state index contributed by atoms with van der Waals surface area (Å²) in [4.78, 5) is 19.4. The maximum atomic E-state index is 13.4. The molecular formula is C15H15FN2O2. The van der Waals surface area contributed by atoms with Crippen LogP contribution in [-0.2, 0) is 6.42 Å². The smallest absolute Gasteiger partial charge is 0.339 e. The number of aromatic carboxylic acids is 1. The zero-order chi connectivity index (χ0) is 14.7. The molecule has 2 rings (SSSR count). The second-order valence-corrected chi connectivity index (χ2v) is 4.63. The lowest BCUT2D eigenvalue weighted by atomic mass is 10.1. The van der Waals surface area contributed by atoms with E-state index in [0.717, 1.165) is 12.0 Å². The maximum absolute atomic E-state index is 13.4. The van der Waals surface area contributed by atoms with E-state index in [4.69, 9.17) is 5.11 Å². The van der Waals surface area contributed by atoms with Crippen LogP contribution in [0, 0.1) is 12.7 Å². The first-order valence-corrected chi connectivity index (χ1v) is 6.38. The fourth-order valence-corrected chi connectivity index (χ4v) is 2.03. The van der Waals surface area contributed by atoms with Gasteiger partial charge in [0.25, 0.3) is 0 Å². The maximum Gasteiger partial charge on any atom is 0.339 e. The van der Waals surface area contributed by atoms with Crippen LogP contribution in [0.5, 0.6) is 0 Å². The molecule has 1 heterocycles. The lowest BCUT2D eigenvalue weighted by molar-refractivity contribution is 0.0694. The summed E-state index contributed by atoms with van der Waals surface area (Å²) in [5.74, 6) is -1.06. The summed E-state index contributed by atoms with van der Waals surface area (Å²) < 4.78 is 13.4. The van der Waals surface area contributed by atoms with Crippen molar-refractivity contribution in [3.05, 3.63) is 47.0 Å². The number of benzene rings is 1. The zero-order valence-electron chi connectivity index (χ0n) is 11.4. The molecular weight excluding hydrogens is 259 g/mol. The molecule has 0 radical (unpaired) electrons. The van der Waals surface area contributed by atoms with Gasteiger partial charge in [-0.2, -0.15) is 0 Å². The van der Waals surface area contributed by atoms with Gasteiger partial charge in [-0.25, -0.2) is 19.2 Å². The van der Waals surface area contributed by atoms with Crippen molar-refractivity contribution in [3.8, 4) is 11.4 Å². The van der Waals surface area contributed by atoms with Gasteiger partial charge in [0.1, 0.15) is 5.82 Å². The van der Waals surface area contributed by atoms with Gasteiger partial charge in [0.05, 0.1) is 11.3 Å². The van der Waals surface area contributed by atoms with Crippen molar-refractivity contribution in [2.45, 2.75) is 26.7 Å². The van der Waals surface area contributed by atoms with Crippen LogP contribution in [0.25, 0.3) is 11.4 Å². The third-order valence-electron chi connectivity index (χ3n) is 2.89. The first-order chi connectivity index (χ1) is 9.51. The van der Waals surface area contributed by atoms with Crippen LogP contribution >= 0.6 is 0 Å². The van der Waals surface area contributed by atoms with E-state index in [1.165, 1.54) is 18.3 Å². The summed E-state index contributed by atoms with van der Waals surface area (Å²) >= 11 is 0. The topological polar surface area (TPSA) is 63.1 Å². The van der Waals surface area contributed by atoms with Gasteiger partial charge in [0.2, 0.25) is 0 Å². The number of hydrogen-bond donors (Lipinski definition) is 1. The summed E-state index contributed by atoms with van der Waals surface area (Å²) in [6.07, 6.45) is 2.61. The third kappa shape index (κ3) is 2.99. The van der Waals surface area contributed by atoms with Crippen LogP contribution in [0.2, 0.25) is 0 Å². The van der Waals surface area contributed by atoms with Gasteiger partial charge in [-0.3, -0.25) is 0 Å². The predicted octanol–water partition coefficient (Wildman–Crippen LogP) is 3.24.